The lowest BCUT2D eigenvalue weighted by Gasteiger charge is -2.29. The van der Waals surface area contributed by atoms with Gasteiger partial charge in [-0.15, -0.1) is 11.3 Å². The molecule has 0 bridgehead atoms. The molecular weight excluding hydrogens is 434 g/mol. The maximum atomic E-state index is 13.2. The summed E-state index contributed by atoms with van der Waals surface area (Å²) in [6, 6.07) is 20.7. The van der Waals surface area contributed by atoms with Gasteiger partial charge in [-0.05, 0) is 41.6 Å². The van der Waals surface area contributed by atoms with Gasteiger partial charge < -0.3 is 20.3 Å². The number of benzene rings is 2. The lowest BCUT2D eigenvalue weighted by molar-refractivity contribution is -0.123. The first-order valence-electron chi connectivity index (χ1n) is 11.2. The van der Waals surface area contributed by atoms with E-state index in [4.69, 9.17) is 4.74 Å². The summed E-state index contributed by atoms with van der Waals surface area (Å²) < 4.78 is 5.42. The van der Waals surface area contributed by atoms with Gasteiger partial charge in [0.15, 0.2) is 0 Å². The minimum absolute atomic E-state index is 0.187. The highest BCUT2D eigenvalue weighted by atomic mass is 32.1. The predicted octanol–water partition coefficient (Wildman–Crippen LogP) is 3.80. The second-order valence-electron chi connectivity index (χ2n) is 8.11. The summed E-state index contributed by atoms with van der Waals surface area (Å²) in [4.78, 5) is 28.8. The fraction of sp³-hybridized carbons (Fsp3) is 0.308. The van der Waals surface area contributed by atoms with Crippen LogP contribution < -0.4 is 15.5 Å². The molecule has 172 valence electrons. The standard InChI is InChI=1S/C26H29N3O3S/c1-19(21-9-11-22(12-10-21)29-13-15-32-16-14-29)27-25(30)23(18-20-6-3-2-4-7-20)28-26(31)24-8-5-17-33-24/h2-12,17,19,23H,13-16,18H2,1H3,(H,27,30)(H,28,31). The van der Waals surface area contributed by atoms with E-state index in [2.05, 4.69) is 27.7 Å². The van der Waals surface area contributed by atoms with E-state index in [0.29, 0.717) is 11.3 Å². The number of thiophene rings is 1. The maximum absolute atomic E-state index is 13.2. The van der Waals surface area contributed by atoms with E-state index >= 15 is 0 Å². The normalized spacial score (nSPS) is 15.5. The zero-order chi connectivity index (χ0) is 23.0. The Morgan fingerprint density at radius 2 is 1.70 bits per heavy atom. The predicted molar refractivity (Wildman–Crippen MR) is 132 cm³/mol. The van der Waals surface area contributed by atoms with Crippen LogP contribution in [0.1, 0.15) is 33.8 Å². The lowest BCUT2D eigenvalue weighted by Crippen LogP contribution is -2.48. The molecule has 1 aromatic heterocycles. The van der Waals surface area contributed by atoms with Gasteiger partial charge in [0.2, 0.25) is 5.91 Å². The van der Waals surface area contributed by atoms with Crippen molar-refractivity contribution in [2.45, 2.75) is 25.4 Å². The second kappa shape index (κ2) is 11.1. The number of hydrogen-bond donors (Lipinski definition) is 2. The van der Waals surface area contributed by atoms with E-state index in [9.17, 15) is 9.59 Å². The number of rotatable bonds is 8. The van der Waals surface area contributed by atoms with Crippen LogP contribution >= 0.6 is 11.3 Å². The molecule has 3 aromatic rings. The molecule has 2 unspecified atom stereocenters. The highest BCUT2D eigenvalue weighted by molar-refractivity contribution is 7.12. The Kier molecular flexibility index (Phi) is 7.75. The molecule has 7 heteroatoms. The number of ether oxygens (including phenoxy) is 1. The van der Waals surface area contributed by atoms with Crippen LogP contribution in [0.2, 0.25) is 0 Å². The van der Waals surface area contributed by atoms with Gasteiger partial charge in [-0.25, -0.2) is 0 Å². The van der Waals surface area contributed by atoms with Crippen molar-refractivity contribution in [2.24, 2.45) is 0 Å². The third-order valence-electron chi connectivity index (χ3n) is 5.78. The molecule has 2 N–H and O–H groups in total. The Morgan fingerprint density at radius 1 is 0.970 bits per heavy atom. The van der Waals surface area contributed by atoms with Gasteiger partial charge in [-0.2, -0.15) is 0 Å². The number of carbonyl (C=O) groups is 2. The number of carbonyl (C=O) groups excluding carboxylic acids is 2. The minimum atomic E-state index is -0.669. The fourth-order valence-corrected chi connectivity index (χ4v) is 4.52. The molecule has 0 aliphatic carbocycles. The first-order chi connectivity index (χ1) is 16.1. The number of anilines is 1. The van der Waals surface area contributed by atoms with Gasteiger partial charge in [-0.3, -0.25) is 9.59 Å². The quantitative estimate of drug-likeness (QED) is 0.533. The largest absolute Gasteiger partial charge is 0.378 e. The zero-order valence-electron chi connectivity index (χ0n) is 18.7. The third-order valence-corrected chi connectivity index (χ3v) is 6.65. The molecule has 0 saturated carbocycles. The monoisotopic (exact) mass is 463 g/mol. The van der Waals surface area contributed by atoms with Crippen LogP contribution in [0.4, 0.5) is 5.69 Å². The fourth-order valence-electron chi connectivity index (χ4n) is 3.89. The van der Waals surface area contributed by atoms with Crippen LogP contribution in [0.5, 0.6) is 0 Å². The maximum Gasteiger partial charge on any atom is 0.262 e. The van der Waals surface area contributed by atoms with Crippen molar-refractivity contribution in [3.05, 3.63) is 88.1 Å². The van der Waals surface area contributed by atoms with Gasteiger partial charge >= 0.3 is 0 Å². The van der Waals surface area contributed by atoms with Crippen molar-refractivity contribution in [3.8, 4) is 0 Å². The van der Waals surface area contributed by atoms with E-state index < -0.39 is 6.04 Å². The second-order valence-corrected chi connectivity index (χ2v) is 9.06. The summed E-state index contributed by atoms with van der Waals surface area (Å²) in [7, 11) is 0. The van der Waals surface area contributed by atoms with Crippen LogP contribution in [0.15, 0.2) is 72.1 Å². The van der Waals surface area contributed by atoms with Crippen LogP contribution in [0, 0.1) is 0 Å². The molecule has 0 spiro atoms. The molecule has 1 fully saturated rings. The van der Waals surface area contributed by atoms with Crippen LogP contribution in [-0.4, -0.2) is 44.2 Å². The SMILES string of the molecule is CC(NC(=O)C(Cc1ccccc1)NC(=O)c1cccs1)c1ccc(N2CCOCC2)cc1. The molecule has 1 aliphatic rings. The molecule has 4 rings (SSSR count). The Labute approximate surface area is 198 Å². The van der Waals surface area contributed by atoms with Crippen molar-refractivity contribution < 1.29 is 14.3 Å². The van der Waals surface area contributed by atoms with Crippen LogP contribution in [0.3, 0.4) is 0 Å². The summed E-state index contributed by atoms with van der Waals surface area (Å²) in [5, 5.41) is 7.85. The smallest absolute Gasteiger partial charge is 0.262 e. The van der Waals surface area contributed by atoms with E-state index in [-0.39, 0.29) is 17.9 Å². The van der Waals surface area contributed by atoms with Crippen LogP contribution in [-0.2, 0) is 16.0 Å². The van der Waals surface area contributed by atoms with Crippen LogP contribution in [0.25, 0.3) is 0 Å². The van der Waals surface area contributed by atoms with Gasteiger partial charge in [0, 0.05) is 25.2 Å². The van der Waals surface area contributed by atoms with Crippen molar-refractivity contribution in [2.75, 3.05) is 31.2 Å². The van der Waals surface area contributed by atoms with E-state index in [1.165, 1.54) is 11.3 Å². The molecule has 2 amide bonds. The Balaban J connectivity index is 1.43. The average molecular weight is 464 g/mol. The number of hydrogen-bond acceptors (Lipinski definition) is 5. The van der Waals surface area contributed by atoms with E-state index in [0.717, 1.165) is 43.1 Å². The number of amides is 2. The third kappa shape index (κ3) is 6.21. The van der Waals surface area contributed by atoms with Crippen molar-refractivity contribution in [1.82, 2.24) is 10.6 Å². The Bertz CT molecular complexity index is 1030. The first kappa shape index (κ1) is 23.0. The van der Waals surface area contributed by atoms with Crippen molar-refractivity contribution >= 4 is 28.8 Å². The molecule has 1 aliphatic heterocycles. The van der Waals surface area contributed by atoms with Crippen molar-refractivity contribution in [3.63, 3.8) is 0 Å². The summed E-state index contributed by atoms with van der Waals surface area (Å²) in [6.45, 7) is 5.22. The highest BCUT2D eigenvalue weighted by Gasteiger charge is 2.24. The van der Waals surface area contributed by atoms with Gasteiger partial charge in [-0.1, -0.05) is 48.5 Å². The number of nitrogens with one attached hydrogen (secondary N) is 2. The molecule has 1 saturated heterocycles. The number of nitrogens with zero attached hydrogens (tertiary/aromatic N) is 1. The molecule has 2 aromatic carbocycles. The Hall–Kier alpha value is -3.16. The molecule has 2 atom stereocenters. The molecule has 2 heterocycles. The molecular formula is C26H29N3O3S. The van der Waals surface area contributed by atoms with Gasteiger partial charge in [0.05, 0.1) is 24.1 Å². The van der Waals surface area contributed by atoms with Crippen molar-refractivity contribution in [1.29, 1.82) is 0 Å². The lowest BCUT2D eigenvalue weighted by atomic mass is 10.0. The van der Waals surface area contributed by atoms with Gasteiger partial charge in [0.25, 0.3) is 5.91 Å². The molecule has 33 heavy (non-hydrogen) atoms. The number of morpholine rings is 1. The van der Waals surface area contributed by atoms with E-state index in [1.807, 2.05) is 60.8 Å². The highest BCUT2D eigenvalue weighted by Crippen LogP contribution is 2.20. The average Bonchev–Trinajstić information content (AvgIpc) is 3.40. The summed E-state index contributed by atoms with van der Waals surface area (Å²) >= 11 is 1.36. The topological polar surface area (TPSA) is 70.7 Å². The molecule has 6 nitrogen and oxygen atoms in total. The first-order valence-corrected chi connectivity index (χ1v) is 12.1. The summed E-state index contributed by atoms with van der Waals surface area (Å²) in [6.07, 6.45) is 0.423. The summed E-state index contributed by atoms with van der Waals surface area (Å²) in [5.74, 6) is -0.433. The zero-order valence-corrected chi connectivity index (χ0v) is 19.5. The molecule has 0 radical (unpaired) electrons. The van der Waals surface area contributed by atoms with Gasteiger partial charge in [0.1, 0.15) is 6.04 Å². The van der Waals surface area contributed by atoms with E-state index in [1.54, 1.807) is 6.07 Å². The minimum Gasteiger partial charge on any atom is -0.378 e. The summed E-state index contributed by atoms with van der Waals surface area (Å²) in [5.41, 5.74) is 3.17. The Morgan fingerprint density at radius 3 is 2.36 bits per heavy atom.